The quantitative estimate of drug-likeness (QED) is 0.174. The van der Waals surface area contributed by atoms with E-state index in [1.54, 1.807) is 42.5 Å². The van der Waals surface area contributed by atoms with Gasteiger partial charge in [-0.05, 0) is 48.6 Å². The molecule has 0 radical (unpaired) electrons. The zero-order valence-corrected chi connectivity index (χ0v) is 21.7. The number of nitrogens with one attached hydrogen (secondary N) is 1. The number of nitro benzene ring substituents is 1. The van der Waals surface area contributed by atoms with Gasteiger partial charge in [0.05, 0.1) is 20.0 Å². The highest BCUT2D eigenvalue weighted by Gasteiger charge is 2.27. The minimum atomic E-state index is -0.448. The van der Waals surface area contributed by atoms with Gasteiger partial charge < -0.3 is 14.2 Å². The fourth-order valence-electron chi connectivity index (χ4n) is 3.76. The van der Waals surface area contributed by atoms with Crippen molar-refractivity contribution < 1.29 is 14.1 Å². The Labute approximate surface area is 227 Å². The molecule has 0 bridgehead atoms. The third-order valence-corrected chi connectivity index (χ3v) is 7.00. The van der Waals surface area contributed by atoms with Gasteiger partial charge in [0.25, 0.3) is 5.69 Å². The average molecular weight is 566 g/mol. The number of nitro groups is 1. The Morgan fingerprint density at radius 2 is 1.72 bits per heavy atom. The molecule has 1 aliphatic rings. The van der Waals surface area contributed by atoms with Crippen molar-refractivity contribution in [3.05, 3.63) is 85.5 Å². The fourth-order valence-corrected chi connectivity index (χ4v) is 4.73. The molecule has 12 heteroatoms. The first kappa shape index (κ1) is 26.0. The van der Waals surface area contributed by atoms with Gasteiger partial charge in [0, 0.05) is 43.9 Å². The smallest absolute Gasteiger partial charge is 0.294 e. The summed E-state index contributed by atoms with van der Waals surface area (Å²) in [5.74, 6) is 0.565. The van der Waals surface area contributed by atoms with Gasteiger partial charge >= 0.3 is 0 Å². The topological polar surface area (TPSA) is 91.9 Å². The van der Waals surface area contributed by atoms with E-state index in [9.17, 15) is 14.9 Å². The van der Waals surface area contributed by atoms with Crippen LogP contribution in [0.2, 0.25) is 15.1 Å². The maximum absolute atomic E-state index is 12.4. The van der Waals surface area contributed by atoms with E-state index < -0.39 is 10.8 Å². The first-order chi connectivity index (χ1) is 17.2. The van der Waals surface area contributed by atoms with Crippen LogP contribution in [0, 0.1) is 10.1 Å². The first-order valence-corrected chi connectivity index (χ1v) is 12.3. The summed E-state index contributed by atoms with van der Waals surface area (Å²) in [7, 11) is 0. The van der Waals surface area contributed by atoms with Crippen molar-refractivity contribution in [1.82, 2.24) is 10.2 Å². The summed E-state index contributed by atoms with van der Waals surface area (Å²) in [6.45, 7) is 1.84. The van der Waals surface area contributed by atoms with Crippen molar-refractivity contribution in [3.8, 4) is 11.3 Å². The lowest BCUT2D eigenvalue weighted by atomic mass is 10.2. The number of anilines is 1. The Kier molecular flexibility index (Phi) is 8.15. The van der Waals surface area contributed by atoms with Crippen LogP contribution in [0.15, 0.2) is 59.0 Å². The van der Waals surface area contributed by atoms with E-state index in [2.05, 4.69) is 5.32 Å². The molecule has 0 unspecified atom stereocenters. The molecular weight excluding hydrogens is 547 g/mol. The van der Waals surface area contributed by atoms with Crippen LogP contribution >= 0.6 is 47.0 Å². The molecule has 1 fully saturated rings. The van der Waals surface area contributed by atoms with E-state index in [1.165, 1.54) is 18.2 Å². The van der Waals surface area contributed by atoms with E-state index in [0.717, 1.165) is 0 Å². The zero-order chi connectivity index (χ0) is 25.8. The summed E-state index contributed by atoms with van der Waals surface area (Å²) in [6.07, 6.45) is 2.84. The van der Waals surface area contributed by atoms with Crippen molar-refractivity contribution in [3.63, 3.8) is 0 Å². The molecule has 4 rings (SSSR count). The number of hydrogen-bond acceptors (Lipinski definition) is 6. The lowest BCUT2D eigenvalue weighted by Crippen LogP contribution is -2.52. The highest BCUT2D eigenvalue weighted by molar-refractivity contribution is 7.80. The van der Waals surface area contributed by atoms with Gasteiger partial charge in [-0.15, -0.1) is 0 Å². The summed E-state index contributed by atoms with van der Waals surface area (Å²) in [5.41, 5.74) is 0.991. The molecule has 0 spiro atoms. The second-order valence-electron chi connectivity index (χ2n) is 7.77. The number of thiocarbonyl (C=S) groups is 1. The van der Waals surface area contributed by atoms with Crippen LogP contribution in [0.5, 0.6) is 0 Å². The summed E-state index contributed by atoms with van der Waals surface area (Å²) in [5, 5.41) is 15.5. The monoisotopic (exact) mass is 564 g/mol. The van der Waals surface area contributed by atoms with Gasteiger partial charge in [0.2, 0.25) is 5.91 Å². The predicted molar refractivity (Wildman–Crippen MR) is 146 cm³/mol. The van der Waals surface area contributed by atoms with E-state index in [4.69, 9.17) is 51.4 Å². The Morgan fingerprint density at radius 3 is 2.44 bits per heavy atom. The third-order valence-electron chi connectivity index (χ3n) is 5.52. The molecule has 3 aromatic rings. The number of rotatable bonds is 5. The standard InChI is InChI=1S/C24H19Cl3N4O4S/c25-17-4-1-3-16(22(17)27)20-9-7-15(35-20)8-10-21(32)28-24(36)30-13-11-29(12-14-30)23-18(26)5-2-6-19(23)31(33)34/h1-10H,11-14H2,(H,28,32,36). The van der Waals surface area contributed by atoms with E-state index in [-0.39, 0.29) is 10.8 Å². The van der Waals surface area contributed by atoms with Crippen LogP contribution in [-0.2, 0) is 4.79 Å². The van der Waals surface area contributed by atoms with E-state index >= 15 is 0 Å². The molecule has 1 saturated heterocycles. The lowest BCUT2D eigenvalue weighted by Gasteiger charge is -2.37. The molecule has 0 aliphatic carbocycles. The number of para-hydroxylation sites is 1. The molecular formula is C24H19Cl3N4O4S. The van der Waals surface area contributed by atoms with Gasteiger partial charge in [0.1, 0.15) is 17.2 Å². The van der Waals surface area contributed by atoms with Crippen LogP contribution in [0.3, 0.4) is 0 Å². The fraction of sp³-hybridized carbons (Fsp3) is 0.167. The summed E-state index contributed by atoms with van der Waals surface area (Å²) in [6, 6.07) is 13.3. The van der Waals surface area contributed by atoms with E-state index in [0.29, 0.717) is 64.0 Å². The highest BCUT2D eigenvalue weighted by Crippen LogP contribution is 2.36. The lowest BCUT2D eigenvalue weighted by molar-refractivity contribution is -0.384. The number of piperazine rings is 1. The molecule has 1 aliphatic heterocycles. The van der Waals surface area contributed by atoms with Gasteiger partial charge in [-0.1, -0.05) is 46.9 Å². The summed E-state index contributed by atoms with van der Waals surface area (Å²) in [4.78, 5) is 27.0. The number of carbonyl (C=O) groups excluding carboxylic acids is 1. The number of furan rings is 1. The predicted octanol–water partition coefficient (Wildman–Crippen LogP) is 6.05. The van der Waals surface area contributed by atoms with Crippen LogP contribution < -0.4 is 10.2 Å². The van der Waals surface area contributed by atoms with Crippen LogP contribution in [0.4, 0.5) is 11.4 Å². The number of nitrogens with zero attached hydrogens (tertiary/aromatic N) is 3. The highest BCUT2D eigenvalue weighted by atomic mass is 35.5. The third kappa shape index (κ3) is 5.82. The molecule has 1 amide bonds. The number of carbonyl (C=O) groups is 1. The Hall–Kier alpha value is -3.11. The number of benzene rings is 2. The Morgan fingerprint density at radius 1 is 1.03 bits per heavy atom. The van der Waals surface area contributed by atoms with Crippen LogP contribution in [0.25, 0.3) is 17.4 Å². The maximum Gasteiger partial charge on any atom is 0.294 e. The van der Waals surface area contributed by atoms with Crippen LogP contribution in [-0.4, -0.2) is 47.0 Å². The molecule has 2 aromatic carbocycles. The Balaban J connectivity index is 1.33. The van der Waals surface area contributed by atoms with Crippen molar-refractivity contribution in [2.24, 2.45) is 0 Å². The van der Waals surface area contributed by atoms with Crippen LogP contribution in [0.1, 0.15) is 5.76 Å². The molecule has 0 atom stereocenters. The van der Waals surface area contributed by atoms with E-state index in [1.807, 2.05) is 9.80 Å². The van der Waals surface area contributed by atoms with Gasteiger partial charge in [0.15, 0.2) is 5.11 Å². The maximum atomic E-state index is 12.4. The van der Waals surface area contributed by atoms with Crippen molar-refractivity contribution in [2.75, 3.05) is 31.1 Å². The van der Waals surface area contributed by atoms with Crippen molar-refractivity contribution in [2.45, 2.75) is 0 Å². The molecule has 2 heterocycles. The number of amides is 1. The molecule has 8 nitrogen and oxygen atoms in total. The minimum absolute atomic E-state index is 0.0457. The molecule has 186 valence electrons. The first-order valence-electron chi connectivity index (χ1n) is 10.7. The number of hydrogen-bond donors (Lipinski definition) is 1. The number of halogens is 3. The molecule has 1 N–H and O–H groups in total. The SMILES string of the molecule is O=C(C=Cc1ccc(-c2cccc(Cl)c2Cl)o1)NC(=S)N1CCN(c2c(Cl)cccc2[N+](=O)[O-])CC1. The molecule has 36 heavy (non-hydrogen) atoms. The van der Waals surface area contributed by atoms with Gasteiger partial charge in [-0.2, -0.15) is 0 Å². The molecule has 1 aromatic heterocycles. The summed E-state index contributed by atoms with van der Waals surface area (Å²) >= 11 is 23.9. The van der Waals surface area contributed by atoms with Gasteiger partial charge in [-0.25, -0.2) is 0 Å². The molecule has 0 saturated carbocycles. The average Bonchev–Trinajstić information content (AvgIpc) is 3.33. The second kappa shape index (κ2) is 11.3. The van der Waals surface area contributed by atoms with Gasteiger partial charge in [-0.3, -0.25) is 20.2 Å². The van der Waals surface area contributed by atoms with Crippen molar-refractivity contribution in [1.29, 1.82) is 0 Å². The second-order valence-corrected chi connectivity index (χ2v) is 9.35. The van der Waals surface area contributed by atoms with Crippen molar-refractivity contribution >= 4 is 75.5 Å². The Bertz CT molecular complexity index is 1350. The summed E-state index contributed by atoms with van der Waals surface area (Å²) < 4.78 is 5.75. The largest absolute Gasteiger partial charge is 0.457 e. The normalized spacial score (nSPS) is 13.8. The zero-order valence-electron chi connectivity index (χ0n) is 18.6. The minimum Gasteiger partial charge on any atom is -0.457 e.